The van der Waals surface area contributed by atoms with Crippen LogP contribution in [0.1, 0.15) is 11.1 Å². The molecule has 2 N–H and O–H groups in total. The summed E-state index contributed by atoms with van der Waals surface area (Å²) in [6.45, 7) is 1.70. The third-order valence-corrected chi connectivity index (χ3v) is 4.63. The number of hydrogen-bond acceptors (Lipinski definition) is 4. The van der Waals surface area contributed by atoms with Gasteiger partial charge in [-0.2, -0.15) is 5.26 Å². The lowest BCUT2D eigenvalue weighted by atomic mass is 10.1. The van der Waals surface area contributed by atoms with Gasteiger partial charge in [0.15, 0.2) is 6.61 Å². The Morgan fingerprint density at radius 2 is 1.59 bits per heavy atom. The first-order chi connectivity index (χ1) is 15.4. The lowest BCUT2D eigenvalue weighted by Gasteiger charge is -2.10. The fourth-order valence-electron chi connectivity index (χ4n) is 2.74. The zero-order chi connectivity index (χ0) is 22.9. The van der Waals surface area contributed by atoms with Crippen LogP contribution in [0.2, 0.25) is 5.02 Å². The largest absolute Gasteiger partial charge is 0.483 e. The molecule has 3 rings (SSSR count). The van der Waals surface area contributed by atoms with E-state index in [1.165, 1.54) is 6.08 Å². The Morgan fingerprint density at radius 3 is 2.28 bits per heavy atom. The number of para-hydroxylation sites is 1. The number of ether oxygens (including phenoxy) is 1. The Labute approximate surface area is 191 Å². The maximum atomic E-state index is 12.5. The topological polar surface area (TPSA) is 91.2 Å². The lowest BCUT2D eigenvalue weighted by molar-refractivity contribution is -0.118. The Hall–Kier alpha value is -4.08. The molecule has 0 unspecified atom stereocenters. The summed E-state index contributed by atoms with van der Waals surface area (Å²) >= 11 is 5.84. The highest BCUT2D eigenvalue weighted by Gasteiger charge is 2.12. The highest BCUT2D eigenvalue weighted by atomic mass is 35.5. The SMILES string of the molecule is Cc1ccc(NC(=O)/C(C#N)=C/c2ccccc2OCC(=O)Nc2ccc(Cl)cc2)cc1. The fourth-order valence-corrected chi connectivity index (χ4v) is 2.87. The van der Waals surface area contributed by atoms with Gasteiger partial charge in [-0.15, -0.1) is 0 Å². The number of hydrogen-bond donors (Lipinski definition) is 2. The van der Waals surface area contributed by atoms with E-state index in [9.17, 15) is 14.9 Å². The van der Waals surface area contributed by atoms with Crippen molar-refractivity contribution in [1.29, 1.82) is 5.26 Å². The van der Waals surface area contributed by atoms with Crippen LogP contribution < -0.4 is 15.4 Å². The summed E-state index contributed by atoms with van der Waals surface area (Å²) in [5.74, 6) is -0.523. The van der Waals surface area contributed by atoms with E-state index < -0.39 is 5.91 Å². The summed E-state index contributed by atoms with van der Waals surface area (Å²) in [5.41, 5.74) is 2.65. The van der Waals surface area contributed by atoms with Gasteiger partial charge in [0, 0.05) is 22.0 Å². The van der Waals surface area contributed by atoms with Crippen LogP contribution in [-0.4, -0.2) is 18.4 Å². The minimum atomic E-state index is -0.536. The van der Waals surface area contributed by atoms with Crippen molar-refractivity contribution in [1.82, 2.24) is 0 Å². The molecule has 0 radical (unpaired) electrons. The molecular weight excluding hydrogens is 426 g/mol. The van der Waals surface area contributed by atoms with Crippen LogP contribution in [0, 0.1) is 18.3 Å². The molecule has 3 aromatic rings. The number of nitriles is 1. The van der Waals surface area contributed by atoms with E-state index in [0.29, 0.717) is 27.7 Å². The van der Waals surface area contributed by atoms with E-state index in [1.807, 2.05) is 25.1 Å². The number of carbonyl (C=O) groups excluding carboxylic acids is 2. The molecule has 160 valence electrons. The van der Waals surface area contributed by atoms with Gasteiger partial charge < -0.3 is 15.4 Å². The second kappa shape index (κ2) is 10.8. The summed E-state index contributed by atoms with van der Waals surface area (Å²) in [7, 11) is 0. The van der Waals surface area contributed by atoms with Gasteiger partial charge in [-0.1, -0.05) is 47.5 Å². The van der Waals surface area contributed by atoms with Crippen molar-refractivity contribution >= 4 is 40.9 Å². The monoisotopic (exact) mass is 445 g/mol. The fraction of sp³-hybridized carbons (Fsp3) is 0.0800. The number of amides is 2. The van der Waals surface area contributed by atoms with Crippen molar-refractivity contribution < 1.29 is 14.3 Å². The Bertz CT molecular complexity index is 1180. The van der Waals surface area contributed by atoms with Crippen molar-refractivity contribution in [2.75, 3.05) is 17.2 Å². The van der Waals surface area contributed by atoms with Crippen LogP contribution in [0.15, 0.2) is 78.4 Å². The third kappa shape index (κ3) is 6.46. The van der Waals surface area contributed by atoms with Crippen molar-refractivity contribution in [2.45, 2.75) is 6.92 Å². The molecule has 0 aromatic heterocycles. The standard InChI is InChI=1S/C25H20ClN3O3/c1-17-6-10-22(11-7-17)29-25(31)19(15-27)14-18-4-2-3-5-23(18)32-16-24(30)28-21-12-8-20(26)9-13-21/h2-14H,16H2,1H3,(H,28,30)(H,29,31)/b19-14+. The highest BCUT2D eigenvalue weighted by molar-refractivity contribution is 6.30. The molecule has 0 fully saturated rings. The molecule has 32 heavy (non-hydrogen) atoms. The van der Waals surface area contributed by atoms with E-state index in [1.54, 1.807) is 60.7 Å². The summed E-state index contributed by atoms with van der Waals surface area (Å²) < 4.78 is 5.63. The first-order valence-electron chi connectivity index (χ1n) is 9.71. The second-order valence-electron chi connectivity index (χ2n) is 6.87. The summed E-state index contributed by atoms with van der Waals surface area (Å²) in [6, 6.07) is 22.7. The number of benzene rings is 3. The van der Waals surface area contributed by atoms with Crippen molar-refractivity contribution in [3.05, 3.63) is 94.5 Å². The molecule has 0 heterocycles. The average molecular weight is 446 g/mol. The predicted molar refractivity (Wildman–Crippen MR) is 125 cm³/mol. The Morgan fingerprint density at radius 1 is 0.969 bits per heavy atom. The molecule has 3 aromatic carbocycles. The predicted octanol–water partition coefficient (Wildman–Crippen LogP) is 5.21. The molecule has 0 spiro atoms. The Kier molecular flexibility index (Phi) is 7.63. The molecule has 0 atom stereocenters. The summed E-state index contributed by atoms with van der Waals surface area (Å²) in [4.78, 5) is 24.7. The van der Waals surface area contributed by atoms with Crippen molar-refractivity contribution in [3.8, 4) is 11.8 Å². The number of anilines is 2. The maximum Gasteiger partial charge on any atom is 0.266 e. The van der Waals surface area contributed by atoms with Gasteiger partial charge >= 0.3 is 0 Å². The molecule has 0 aliphatic heterocycles. The molecular formula is C25H20ClN3O3. The number of nitrogens with one attached hydrogen (secondary N) is 2. The van der Waals surface area contributed by atoms with Crippen LogP contribution in [0.25, 0.3) is 6.08 Å². The third-order valence-electron chi connectivity index (χ3n) is 4.38. The molecule has 0 aliphatic rings. The van der Waals surface area contributed by atoms with Crippen LogP contribution in [0.4, 0.5) is 11.4 Å². The smallest absolute Gasteiger partial charge is 0.266 e. The van der Waals surface area contributed by atoms with Crippen LogP contribution >= 0.6 is 11.6 Å². The highest BCUT2D eigenvalue weighted by Crippen LogP contribution is 2.22. The maximum absolute atomic E-state index is 12.5. The molecule has 0 saturated heterocycles. The van der Waals surface area contributed by atoms with E-state index in [-0.39, 0.29) is 18.1 Å². The zero-order valence-corrected chi connectivity index (χ0v) is 18.0. The van der Waals surface area contributed by atoms with Gasteiger partial charge in [-0.3, -0.25) is 9.59 Å². The van der Waals surface area contributed by atoms with Gasteiger partial charge in [-0.05, 0) is 55.5 Å². The van der Waals surface area contributed by atoms with Crippen molar-refractivity contribution in [3.63, 3.8) is 0 Å². The summed E-state index contributed by atoms with van der Waals surface area (Å²) in [6.07, 6.45) is 1.43. The second-order valence-corrected chi connectivity index (χ2v) is 7.31. The van der Waals surface area contributed by atoms with Gasteiger partial charge in [0.2, 0.25) is 0 Å². The zero-order valence-electron chi connectivity index (χ0n) is 17.3. The van der Waals surface area contributed by atoms with Crippen molar-refractivity contribution in [2.24, 2.45) is 0 Å². The number of nitrogens with zero attached hydrogens (tertiary/aromatic N) is 1. The van der Waals surface area contributed by atoms with E-state index >= 15 is 0 Å². The lowest BCUT2D eigenvalue weighted by Crippen LogP contribution is -2.20. The van der Waals surface area contributed by atoms with Gasteiger partial charge in [0.05, 0.1) is 0 Å². The van der Waals surface area contributed by atoms with E-state index in [4.69, 9.17) is 16.3 Å². The quantitative estimate of drug-likeness (QED) is 0.385. The molecule has 0 bridgehead atoms. The molecule has 6 nitrogen and oxygen atoms in total. The number of halogens is 1. The van der Waals surface area contributed by atoms with E-state index in [2.05, 4.69) is 10.6 Å². The van der Waals surface area contributed by atoms with Gasteiger partial charge in [0.1, 0.15) is 17.4 Å². The van der Waals surface area contributed by atoms with Gasteiger partial charge in [0.25, 0.3) is 11.8 Å². The molecule has 7 heteroatoms. The molecule has 2 amide bonds. The van der Waals surface area contributed by atoms with E-state index in [0.717, 1.165) is 5.56 Å². The average Bonchev–Trinajstić information content (AvgIpc) is 2.79. The first-order valence-corrected chi connectivity index (χ1v) is 10.1. The molecule has 0 saturated carbocycles. The minimum absolute atomic E-state index is 0.0905. The summed E-state index contributed by atoms with van der Waals surface area (Å²) in [5, 5.41) is 15.5. The van der Waals surface area contributed by atoms with Crippen LogP contribution in [0.5, 0.6) is 5.75 Å². The first kappa shape index (κ1) is 22.6. The van der Waals surface area contributed by atoms with Gasteiger partial charge in [-0.25, -0.2) is 0 Å². The number of rotatable bonds is 7. The number of carbonyl (C=O) groups is 2. The Balaban J connectivity index is 1.68. The minimum Gasteiger partial charge on any atom is -0.483 e. The van der Waals surface area contributed by atoms with Crippen LogP contribution in [0.3, 0.4) is 0 Å². The number of aryl methyl sites for hydroxylation is 1. The molecule has 0 aliphatic carbocycles. The normalized spacial score (nSPS) is 10.7. The van der Waals surface area contributed by atoms with Crippen LogP contribution in [-0.2, 0) is 9.59 Å².